The number of aliphatic carboxylic acids is 1. The molecule has 0 bridgehead atoms. The van der Waals surface area contributed by atoms with Crippen LogP contribution in [0.3, 0.4) is 0 Å². The fraction of sp³-hybridized carbons (Fsp3) is 0.433. The summed E-state index contributed by atoms with van der Waals surface area (Å²) in [7, 11) is 0. The van der Waals surface area contributed by atoms with Gasteiger partial charge in [0.05, 0.1) is 6.04 Å². The average Bonchev–Trinajstić information content (AvgIpc) is 2.97. The van der Waals surface area contributed by atoms with Crippen LogP contribution in [0.2, 0.25) is 0 Å². The summed E-state index contributed by atoms with van der Waals surface area (Å²) in [5, 5.41) is 27.3. The molecule has 0 saturated carbocycles. The Bertz CT molecular complexity index is 1240. The van der Waals surface area contributed by atoms with Gasteiger partial charge in [0.15, 0.2) is 5.96 Å². The number of carbonyl (C=O) groups is 4. The third-order valence-electron chi connectivity index (χ3n) is 7.01. The predicted molar refractivity (Wildman–Crippen MR) is 163 cm³/mol. The van der Waals surface area contributed by atoms with E-state index in [9.17, 15) is 29.4 Å². The monoisotopic (exact) mass is 597 g/mol. The Morgan fingerprint density at radius 3 is 1.91 bits per heavy atom. The molecule has 43 heavy (non-hydrogen) atoms. The van der Waals surface area contributed by atoms with Crippen LogP contribution in [0, 0.1) is 5.92 Å². The highest BCUT2D eigenvalue weighted by Gasteiger charge is 2.32. The van der Waals surface area contributed by atoms with Crippen molar-refractivity contribution in [1.82, 2.24) is 16.0 Å². The molecule has 0 spiro atoms. The van der Waals surface area contributed by atoms with Crippen molar-refractivity contribution in [2.24, 2.45) is 28.1 Å². The molecule has 0 radical (unpaired) electrons. The third kappa shape index (κ3) is 12.0. The van der Waals surface area contributed by atoms with Crippen LogP contribution in [-0.4, -0.2) is 70.6 Å². The second kappa shape index (κ2) is 17.3. The maximum Gasteiger partial charge on any atom is 0.326 e. The molecule has 0 aliphatic heterocycles. The predicted octanol–water partition coefficient (Wildman–Crippen LogP) is 0.143. The van der Waals surface area contributed by atoms with Crippen molar-refractivity contribution in [3.8, 4) is 5.75 Å². The van der Waals surface area contributed by atoms with E-state index in [4.69, 9.17) is 17.2 Å². The van der Waals surface area contributed by atoms with Crippen LogP contribution in [0.15, 0.2) is 59.6 Å². The number of rotatable bonds is 17. The van der Waals surface area contributed by atoms with E-state index in [-0.39, 0.29) is 36.9 Å². The van der Waals surface area contributed by atoms with Crippen LogP contribution < -0.4 is 33.2 Å². The number of nitrogens with one attached hydrogen (secondary N) is 3. The van der Waals surface area contributed by atoms with Crippen molar-refractivity contribution in [1.29, 1.82) is 0 Å². The SMILES string of the molecule is CCC(C)C(NC(=O)C(Cc1ccc(O)cc1)NC(=O)C(Cc1ccccc1)NC(=O)C(N)CCCN=C(N)N)C(=O)O. The molecular formula is C30H43N7O6. The fourth-order valence-corrected chi connectivity index (χ4v) is 4.27. The molecule has 3 amide bonds. The minimum absolute atomic E-state index is 0.000999. The summed E-state index contributed by atoms with van der Waals surface area (Å²) in [6.45, 7) is 3.81. The largest absolute Gasteiger partial charge is 0.508 e. The van der Waals surface area contributed by atoms with Gasteiger partial charge in [0, 0.05) is 19.4 Å². The molecule has 2 rings (SSSR count). The van der Waals surface area contributed by atoms with Gasteiger partial charge in [-0.3, -0.25) is 19.4 Å². The molecule has 2 aromatic rings. The first-order valence-electron chi connectivity index (χ1n) is 14.2. The van der Waals surface area contributed by atoms with Crippen LogP contribution >= 0.6 is 0 Å². The molecule has 234 valence electrons. The molecule has 13 nitrogen and oxygen atoms in total. The number of aromatic hydroxyl groups is 1. The third-order valence-corrected chi connectivity index (χ3v) is 7.01. The van der Waals surface area contributed by atoms with E-state index in [1.165, 1.54) is 12.1 Å². The highest BCUT2D eigenvalue weighted by Crippen LogP contribution is 2.14. The molecule has 5 unspecified atom stereocenters. The number of carboxylic acid groups (broad SMARTS) is 1. The molecule has 0 aromatic heterocycles. The zero-order valence-corrected chi connectivity index (χ0v) is 24.5. The topological polar surface area (TPSA) is 235 Å². The van der Waals surface area contributed by atoms with E-state index >= 15 is 0 Å². The Kier molecular flexibility index (Phi) is 13.9. The minimum atomic E-state index is -1.19. The zero-order valence-electron chi connectivity index (χ0n) is 24.5. The lowest BCUT2D eigenvalue weighted by atomic mass is 9.97. The number of hydrogen-bond acceptors (Lipinski definition) is 7. The van der Waals surface area contributed by atoms with Gasteiger partial charge in [-0.2, -0.15) is 0 Å². The molecule has 0 heterocycles. The van der Waals surface area contributed by atoms with Crippen molar-refractivity contribution < 1.29 is 29.4 Å². The van der Waals surface area contributed by atoms with Gasteiger partial charge < -0.3 is 43.4 Å². The Balaban J connectivity index is 2.29. The number of nitrogens with two attached hydrogens (primary N) is 3. The van der Waals surface area contributed by atoms with Crippen LogP contribution in [0.1, 0.15) is 44.2 Å². The normalized spacial score (nSPS) is 14.3. The lowest BCUT2D eigenvalue weighted by Gasteiger charge is -2.27. The number of carbonyl (C=O) groups excluding carboxylic acids is 3. The first-order chi connectivity index (χ1) is 20.4. The quantitative estimate of drug-likeness (QED) is 0.0702. The number of hydrogen-bond donors (Lipinski definition) is 8. The number of nitrogens with zero attached hydrogens (tertiary/aromatic N) is 1. The first-order valence-corrected chi connectivity index (χ1v) is 14.2. The van der Waals surface area contributed by atoms with Crippen molar-refractivity contribution in [3.05, 3.63) is 65.7 Å². The fourth-order valence-electron chi connectivity index (χ4n) is 4.27. The van der Waals surface area contributed by atoms with E-state index in [1.54, 1.807) is 43.3 Å². The first kappa shape index (κ1) is 34.6. The smallest absolute Gasteiger partial charge is 0.326 e. The van der Waals surface area contributed by atoms with Gasteiger partial charge in [0.25, 0.3) is 0 Å². The van der Waals surface area contributed by atoms with E-state index in [0.29, 0.717) is 24.9 Å². The molecular weight excluding hydrogens is 554 g/mol. The van der Waals surface area contributed by atoms with Crippen molar-refractivity contribution in [3.63, 3.8) is 0 Å². The minimum Gasteiger partial charge on any atom is -0.508 e. The lowest BCUT2D eigenvalue weighted by Crippen LogP contribution is -2.58. The summed E-state index contributed by atoms with van der Waals surface area (Å²) in [6, 6.07) is 10.7. The van der Waals surface area contributed by atoms with Gasteiger partial charge in [-0.05, 0) is 42.0 Å². The van der Waals surface area contributed by atoms with Crippen LogP contribution in [-0.2, 0) is 32.0 Å². The van der Waals surface area contributed by atoms with Crippen molar-refractivity contribution in [2.75, 3.05) is 6.54 Å². The molecule has 5 atom stereocenters. The lowest BCUT2D eigenvalue weighted by molar-refractivity contribution is -0.143. The zero-order chi connectivity index (χ0) is 31.9. The Labute approximate surface area is 251 Å². The average molecular weight is 598 g/mol. The summed E-state index contributed by atoms with van der Waals surface area (Å²) in [5.41, 5.74) is 18.1. The molecule has 0 aliphatic carbocycles. The van der Waals surface area contributed by atoms with Gasteiger partial charge >= 0.3 is 5.97 Å². The van der Waals surface area contributed by atoms with Gasteiger partial charge in [0.1, 0.15) is 23.9 Å². The number of carboxylic acids is 1. The van der Waals surface area contributed by atoms with Gasteiger partial charge in [0.2, 0.25) is 17.7 Å². The number of phenols is 1. The van der Waals surface area contributed by atoms with E-state index in [1.807, 2.05) is 13.0 Å². The van der Waals surface area contributed by atoms with E-state index < -0.39 is 47.9 Å². The van der Waals surface area contributed by atoms with Gasteiger partial charge in [-0.1, -0.05) is 62.7 Å². The van der Waals surface area contributed by atoms with Gasteiger partial charge in [-0.15, -0.1) is 0 Å². The summed E-state index contributed by atoms with van der Waals surface area (Å²) in [5.74, 6) is -3.53. The number of amides is 3. The number of benzene rings is 2. The molecule has 0 saturated heterocycles. The Morgan fingerprint density at radius 1 is 0.837 bits per heavy atom. The number of guanidine groups is 1. The second-order valence-corrected chi connectivity index (χ2v) is 10.4. The second-order valence-electron chi connectivity index (χ2n) is 10.4. The van der Waals surface area contributed by atoms with Crippen LogP contribution in [0.25, 0.3) is 0 Å². The summed E-state index contributed by atoms with van der Waals surface area (Å²) < 4.78 is 0. The van der Waals surface area contributed by atoms with Crippen LogP contribution in [0.5, 0.6) is 5.75 Å². The Morgan fingerprint density at radius 2 is 1.37 bits per heavy atom. The highest BCUT2D eigenvalue weighted by atomic mass is 16.4. The molecule has 2 aromatic carbocycles. The maximum absolute atomic E-state index is 13.7. The summed E-state index contributed by atoms with van der Waals surface area (Å²) >= 11 is 0. The highest BCUT2D eigenvalue weighted by molar-refractivity contribution is 5.94. The molecule has 0 aliphatic rings. The Hall–Kier alpha value is -4.65. The number of aliphatic imine (C=N–C) groups is 1. The maximum atomic E-state index is 13.7. The van der Waals surface area contributed by atoms with Gasteiger partial charge in [-0.25, -0.2) is 4.79 Å². The summed E-state index contributed by atoms with van der Waals surface area (Å²) in [4.78, 5) is 55.8. The number of phenolic OH excluding ortho intramolecular Hbond substituents is 1. The molecule has 11 N–H and O–H groups in total. The van der Waals surface area contributed by atoms with E-state index in [0.717, 1.165) is 5.56 Å². The van der Waals surface area contributed by atoms with E-state index in [2.05, 4.69) is 20.9 Å². The van der Waals surface area contributed by atoms with Crippen molar-refractivity contribution in [2.45, 2.75) is 70.1 Å². The van der Waals surface area contributed by atoms with Crippen LogP contribution in [0.4, 0.5) is 0 Å². The summed E-state index contributed by atoms with van der Waals surface area (Å²) in [6.07, 6.45) is 1.32. The standard InChI is InChI=1S/C30H43N7O6/c1-3-18(2)25(29(42)43)37-28(41)24(17-20-11-13-21(38)14-12-20)36-27(40)23(16-19-8-5-4-6-9-19)35-26(39)22(31)10-7-15-34-30(32)33/h4-6,8-9,11-14,18,22-25,38H,3,7,10,15-17,31H2,1-2H3,(H,35,39)(H,36,40)(H,37,41)(H,42,43)(H4,32,33,34). The molecule has 13 heteroatoms. The molecule has 0 fully saturated rings. The van der Waals surface area contributed by atoms with Crippen molar-refractivity contribution >= 4 is 29.7 Å².